The zero-order valence-corrected chi connectivity index (χ0v) is 12.8. The number of benzene rings is 2. The Bertz CT molecular complexity index is 921. The minimum absolute atomic E-state index is 0.0596. The van der Waals surface area contributed by atoms with Crippen LogP contribution in [0.3, 0.4) is 0 Å². The molecule has 1 aliphatic heterocycles. The van der Waals surface area contributed by atoms with Crippen LogP contribution in [-0.4, -0.2) is 10.9 Å². The molecule has 0 spiro atoms. The van der Waals surface area contributed by atoms with Crippen LogP contribution in [0, 0.1) is 6.92 Å². The normalized spacial score (nSPS) is 14.8. The maximum atomic E-state index is 12.4. The van der Waals surface area contributed by atoms with Crippen LogP contribution in [0.4, 0.5) is 5.69 Å². The average molecular weight is 300 g/mol. The summed E-state index contributed by atoms with van der Waals surface area (Å²) in [6.45, 7) is 2.09. The Labute approximate surface area is 134 Å². The molecule has 2 aromatic carbocycles. The van der Waals surface area contributed by atoms with Crippen LogP contribution < -0.4 is 5.32 Å². The number of anilines is 1. The van der Waals surface area contributed by atoms with Crippen LogP contribution >= 0.6 is 0 Å². The molecule has 2 heterocycles. The second-order valence-corrected chi connectivity index (χ2v) is 5.68. The van der Waals surface area contributed by atoms with Crippen molar-refractivity contribution >= 4 is 23.2 Å². The maximum absolute atomic E-state index is 12.4. The predicted octanol–water partition coefficient (Wildman–Crippen LogP) is 4.48. The van der Waals surface area contributed by atoms with Gasteiger partial charge in [-0.2, -0.15) is 0 Å². The molecule has 0 saturated heterocycles. The summed E-state index contributed by atoms with van der Waals surface area (Å²) in [6, 6.07) is 18.1. The number of fused-ring (bicyclic) bond motifs is 1. The van der Waals surface area contributed by atoms with E-state index >= 15 is 0 Å². The molecule has 2 N–H and O–H groups in total. The van der Waals surface area contributed by atoms with Gasteiger partial charge in [0.05, 0.1) is 5.57 Å². The van der Waals surface area contributed by atoms with E-state index < -0.39 is 0 Å². The van der Waals surface area contributed by atoms with Crippen molar-refractivity contribution in [2.45, 2.75) is 6.92 Å². The molecule has 0 aliphatic carbocycles. The van der Waals surface area contributed by atoms with E-state index in [2.05, 4.69) is 35.4 Å². The van der Waals surface area contributed by atoms with Crippen molar-refractivity contribution in [3.05, 3.63) is 77.6 Å². The highest BCUT2D eigenvalue weighted by Gasteiger charge is 2.27. The van der Waals surface area contributed by atoms with Crippen LogP contribution in [0.25, 0.3) is 22.8 Å². The summed E-state index contributed by atoms with van der Waals surface area (Å²) in [5, 5.41) is 2.97. The zero-order valence-electron chi connectivity index (χ0n) is 12.8. The van der Waals surface area contributed by atoms with Gasteiger partial charge in [-0.25, -0.2) is 0 Å². The van der Waals surface area contributed by atoms with Crippen molar-refractivity contribution in [3.8, 4) is 11.1 Å². The second kappa shape index (κ2) is 5.29. The van der Waals surface area contributed by atoms with Gasteiger partial charge in [-0.05, 0) is 47.9 Å². The predicted molar refractivity (Wildman–Crippen MR) is 93.9 cm³/mol. The molecule has 23 heavy (non-hydrogen) atoms. The summed E-state index contributed by atoms with van der Waals surface area (Å²) in [4.78, 5) is 15.6. The van der Waals surface area contributed by atoms with Gasteiger partial charge in [0.15, 0.2) is 0 Å². The number of hydrogen-bond donors (Lipinski definition) is 2. The summed E-state index contributed by atoms with van der Waals surface area (Å²) >= 11 is 0. The number of carbonyl (C=O) groups is 1. The van der Waals surface area contributed by atoms with E-state index in [1.54, 1.807) is 0 Å². The summed E-state index contributed by atoms with van der Waals surface area (Å²) < 4.78 is 0. The van der Waals surface area contributed by atoms with Crippen LogP contribution in [-0.2, 0) is 4.79 Å². The summed E-state index contributed by atoms with van der Waals surface area (Å²) in [5.41, 5.74) is 6.88. The molecule has 0 saturated carbocycles. The van der Waals surface area contributed by atoms with Crippen molar-refractivity contribution in [1.29, 1.82) is 0 Å². The Morgan fingerprint density at radius 1 is 0.913 bits per heavy atom. The van der Waals surface area contributed by atoms with E-state index in [4.69, 9.17) is 0 Å². The lowest BCUT2D eigenvalue weighted by Crippen LogP contribution is -2.03. The molecule has 3 nitrogen and oxygen atoms in total. The summed E-state index contributed by atoms with van der Waals surface area (Å²) in [7, 11) is 0. The first-order chi connectivity index (χ1) is 11.2. The third-order valence-corrected chi connectivity index (χ3v) is 4.18. The Morgan fingerprint density at radius 3 is 2.52 bits per heavy atom. The lowest BCUT2D eigenvalue weighted by molar-refractivity contribution is -0.110. The molecule has 1 aliphatic rings. The third kappa shape index (κ3) is 2.27. The number of carbonyl (C=O) groups excluding carboxylic acids is 1. The van der Waals surface area contributed by atoms with Crippen molar-refractivity contribution in [2.75, 3.05) is 5.32 Å². The van der Waals surface area contributed by atoms with Gasteiger partial charge in [-0.15, -0.1) is 0 Å². The third-order valence-electron chi connectivity index (χ3n) is 4.18. The van der Waals surface area contributed by atoms with Crippen LogP contribution in [0.2, 0.25) is 0 Å². The van der Waals surface area contributed by atoms with Gasteiger partial charge < -0.3 is 10.3 Å². The maximum Gasteiger partial charge on any atom is 0.256 e. The smallest absolute Gasteiger partial charge is 0.256 e. The Hall–Kier alpha value is -3.07. The molecule has 112 valence electrons. The molecule has 3 heteroatoms. The lowest BCUT2D eigenvalue weighted by atomic mass is 9.92. The minimum atomic E-state index is -0.0596. The van der Waals surface area contributed by atoms with E-state index in [0.717, 1.165) is 28.1 Å². The van der Waals surface area contributed by atoms with E-state index in [1.807, 2.05) is 48.7 Å². The molecule has 1 aromatic heterocycles. The van der Waals surface area contributed by atoms with Crippen LogP contribution in [0.5, 0.6) is 0 Å². The van der Waals surface area contributed by atoms with E-state index in [0.29, 0.717) is 5.57 Å². The first kappa shape index (κ1) is 13.6. The number of amides is 1. The van der Waals surface area contributed by atoms with Crippen LogP contribution in [0.1, 0.15) is 16.8 Å². The van der Waals surface area contributed by atoms with Gasteiger partial charge in [-0.3, -0.25) is 4.79 Å². The Balaban J connectivity index is 1.95. The van der Waals surface area contributed by atoms with Crippen molar-refractivity contribution in [2.24, 2.45) is 0 Å². The van der Waals surface area contributed by atoms with Gasteiger partial charge in [0.25, 0.3) is 5.91 Å². The Kier molecular flexibility index (Phi) is 3.12. The van der Waals surface area contributed by atoms with E-state index in [1.165, 1.54) is 5.56 Å². The van der Waals surface area contributed by atoms with Gasteiger partial charge >= 0.3 is 0 Å². The lowest BCUT2D eigenvalue weighted by Gasteiger charge is -2.11. The first-order valence-corrected chi connectivity index (χ1v) is 7.60. The number of hydrogen-bond acceptors (Lipinski definition) is 1. The number of H-pyrrole nitrogens is 1. The highest BCUT2D eigenvalue weighted by atomic mass is 16.2. The minimum Gasteiger partial charge on any atom is -0.362 e. The molecule has 3 aromatic rings. The fourth-order valence-electron chi connectivity index (χ4n) is 3.08. The molecule has 0 unspecified atom stereocenters. The van der Waals surface area contributed by atoms with E-state index in [-0.39, 0.29) is 5.91 Å². The first-order valence-electron chi connectivity index (χ1n) is 7.60. The standard InChI is InChI=1S/C20H16N2O/c1-13-6-2-3-8-15(13)16-9-4-10-18-19(16)17(20(23)22-18)12-14-7-5-11-21-14/h2-12,21H,1H3,(H,22,23)/b17-12-. The molecular formula is C20H16N2O. The number of aromatic amines is 1. The van der Waals surface area contributed by atoms with E-state index in [9.17, 15) is 4.79 Å². The summed E-state index contributed by atoms with van der Waals surface area (Å²) in [5.74, 6) is -0.0596. The average Bonchev–Trinajstić information content (AvgIpc) is 3.17. The molecule has 4 rings (SSSR count). The van der Waals surface area contributed by atoms with Crippen molar-refractivity contribution in [3.63, 3.8) is 0 Å². The molecule has 0 fully saturated rings. The van der Waals surface area contributed by atoms with Crippen molar-refractivity contribution in [1.82, 2.24) is 4.98 Å². The number of nitrogens with one attached hydrogen (secondary N) is 2. The molecule has 0 radical (unpaired) electrons. The number of aromatic nitrogens is 1. The molecular weight excluding hydrogens is 284 g/mol. The SMILES string of the molecule is Cc1ccccc1-c1cccc2c1/C(=C/c1ccc[nH]1)C(=O)N2. The fourth-order valence-corrected chi connectivity index (χ4v) is 3.08. The fraction of sp³-hybridized carbons (Fsp3) is 0.0500. The highest BCUT2D eigenvalue weighted by Crippen LogP contribution is 2.41. The van der Waals surface area contributed by atoms with Gasteiger partial charge in [0, 0.05) is 23.1 Å². The highest BCUT2D eigenvalue weighted by molar-refractivity contribution is 6.36. The van der Waals surface area contributed by atoms with Gasteiger partial charge in [-0.1, -0.05) is 36.4 Å². The molecule has 1 amide bonds. The molecule has 0 atom stereocenters. The van der Waals surface area contributed by atoms with Crippen molar-refractivity contribution < 1.29 is 4.79 Å². The summed E-state index contributed by atoms with van der Waals surface area (Å²) in [6.07, 6.45) is 3.76. The second-order valence-electron chi connectivity index (χ2n) is 5.68. The monoisotopic (exact) mass is 300 g/mol. The zero-order chi connectivity index (χ0) is 15.8. The molecule has 0 bridgehead atoms. The number of rotatable bonds is 2. The van der Waals surface area contributed by atoms with Crippen LogP contribution in [0.15, 0.2) is 60.8 Å². The van der Waals surface area contributed by atoms with Gasteiger partial charge in [0.2, 0.25) is 0 Å². The van der Waals surface area contributed by atoms with Gasteiger partial charge in [0.1, 0.15) is 0 Å². The largest absolute Gasteiger partial charge is 0.362 e. The Morgan fingerprint density at radius 2 is 1.74 bits per heavy atom. The topological polar surface area (TPSA) is 44.9 Å². The number of aryl methyl sites for hydroxylation is 1. The quantitative estimate of drug-likeness (QED) is 0.673.